The van der Waals surface area contributed by atoms with Crippen LogP contribution in [0.3, 0.4) is 0 Å². The van der Waals surface area contributed by atoms with Gasteiger partial charge < -0.3 is 15.1 Å². The molecule has 0 radical (unpaired) electrons. The average Bonchev–Trinajstić information content (AvgIpc) is 3.12. The number of anilines is 1. The van der Waals surface area contributed by atoms with E-state index in [1.165, 1.54) is 31.0 Å². The molecule has 1 aromatic carbocycles. The minimum Gasteiger partial charge on any atom is -0.317 e. The van der Waals surface area contributed by atoms with Gasteiger partial charge >= 0.3 is 6.03 Å². The number of rotatable bonds is 7. The predicted molar refractivity (Wildman–Crippen MR) is 139 cm³/mol. The third-order valence-corrected chi connectivity index (χ3v) is 8.76. The summed E-state index contributed by atoms with van der Waals surface area (Å²) in [4.78, 5) is 40.6. The molecule has 194 valence electrons. The van der Waals surface area contributed by atoms with Gasteiger partial charge in [0.25, 0.3) is 0 Å². The Hall–Kier alpha value is -3.51. The summed E-state index contributed by atoms with van der Waals surface area (Å²) in [5.41, 5.74) is 1.00. The minimum atomic E-state index is -0.320. The molecule has 1 N–H and O–H groups in total. The molecule has 5 rings (SSSR count). The molecule has 1 aromatic heterocycles. The molecule has 37 heavy (non-hydrogen) atoms. The van der Waals surface area contributed by atoms with Gasteiger partial charge in [-0.25, -0.2) is 14.8 Å². The molecule has 3 fully saturated rings. The molecule has 0 atom stereocenters. The van der Waals surface area contributed by atoms with Crippen LogP contribution in [-0.4, -0.2) is 75.9 Å². The fourth-order valence-electron chi connectivity index (χ4n) is 6.35. The van der Waals surface area contributed by atoms with E-state index in [9.17, 15) is 9.59 Å². The fraction of sp³-hybridized carbons (Fsp3) is 0.536. The van der Waals surface area contributed by atoms with E-state index in [0.717, 1.165) is 32.2 Å². The maximum Gasteiger partial charge on any atom is 0.321 e. The van der Waals surface area contributed by atoms with Crippen LogP contribution < -0.4 is 5.32 Å². The zero-order valence-electron chi connectivity index (χ0n) is 21.7. The first-order valence-electron chi connectivity index (χ1n) is 13.2. The van der Waals surface area contributed by atoms with Gasteiger partial charge in [0.2, 0.25) is 11.7 Å². The fourth-order valence-corrected chi connectivity index (χ4v) is 6.35. The molecule has 9 nitrogen and oxygen atoms in total. The van der Waals surface area contributed by atoms with Gasteiger partial charge in [0, 0.05) is 24.8 Å². The second-order valence-electron chi connectivity index (χ2n) is 11.0. The van der Waals surface area contributed by atoms with Crippen LogP contribution >= 0.6 is 0 Å². The summed E-state index contributed by atoms with van der Waals surface area (Å²) in [6, 6.07) is 14.1. The van der Waals surface area contributed by atoms with Crippen LogP contribution in [0.5, 0.6) is 0 Å². The molecule has 2 saturated carbocycles. The minimum absolute atomic E-state index is 0.00864. The van der Waals surface area contributed by atoms with E-state index in [1.807, 2.05) is 6.07 Å². The first-order chi connectivity index (χ1) is 17.8. The summed E-state index contributed by atoms with van der Waals surface area (Å²) in [5, 5.41) is 11.7. The highest BCUT2D eigenvalue weighted by molar-refractivity contribution is 5.94. The Morgan fingerprint density at radius 3 is 2.51 bits per heavy atom. The molecule has 0 bridgehead atoms. The highest BCUT2D eigenvalue weighted by Gasteiger charge is 2.55. The number of hydrogen-bond acceptors (Lipinski definition) is 6. The second-order valence-corrected chi connectivity index (χ2v) is 11.0. The number of nitriles is 1. The van der Waals surface area contributed by atoms with Crippen LogP contribution in [0.25, 0.3) is 0 Å². The highest BCUT2D eigenvalue weighted by atomic mass is 16.2. The van der Waals surface area contributed by atoms with Gasteiger partial charge in [-0.15, -0.1) is 0 Å². The predicted octanol–water partition coefficient (Wildman–Crippen LogP) is 3.59. The second kappa shape index (κ2) is 10.1. The monoisotopic (exact) mass is 501 g/mol. The number of aromatic nitrogens is 2. The number of amides is 3. The topological polar surface area (TPSA) is 105 Å². The van der Waals surface area contributed by atoms with Gasteiger partial charge in [-0.05, 0) is 70.2 Å². The number of carbonyl (C=O) groups excluding carboxylic acids is 2. The van der Waals surface area contributed by atoms with Crippen molar-refractivity contribution in [2.24, 2.45) is 5.92 Å². The molecular formula is C28H35N7O2. The number of urea groups is 1. The molecule has 2 aromatic rings. The average molecular weight is 502 g/mol. The normalized spacial score (nSPS) is 25.8. The zero-order chi connectivity index (χ0) is 26.0. The van der Waals surface area contributed by atoms with Crippen molar-refractivity contribution in [3.63, 3.8) is 0 Å². The molecule has 2 aliphatic carbocycles. The lowest BCUT2D eigenvalue weighted by molar-refractivity contribution is -0.116. The van der Waals surface area contributed by atoms with E-state index in [0.29, 0.717) is 12.5 Å². The van der Waals surface area contributed by atoms with Gasteiger partial charge in [-0.2, -0.15) is 5.26 Å². The summed E-state index contributed by atoms with van der Waals surface area (Å²) >= 11 is 0. The van der Waals surface area contributed by atoms with Gasteiger partial charge in [0.15, 0.2) is 0 Å². The van der Waals surface area contributed by atoms with Crippen molar-refractivity contribution in [3.8, 4) is 6.07 Å². The number of hydrogen-bond donors (Lipinski definition) is 1. The zero-order valence-corrected chi connectivity index (χ0v) is 21.7. The van der Waals surface area contributed by atoms with Crippen molar-refractivity contribution in [3.05, 3.63) is 54.0 Å². The Bertz CT molecular complexity index is 1180. The van der Waals surface area contributed by atoms with Gasteiger partial charge in [0.1, 0.15) is 18.4 Å². The number of carbonyl (C=O) groups is 2. The maximum absolute atomic E-state index is 13.7. The van der Waals surface area contributed by atoms with Crippen molar-refractivity contribution < 1.29 is 9.59 Å². The first kappa shape index (κ1) is 25.2. The van der Waals surface area contributed by atoms with Crippen molar-refractivity contribution >= 4 is 17.8 Å². The molecular weight excluding hydrogens is 466 g/mol. The molecule has 1 saturated heterocycles. The van der Waals surface area contributed by atoms with E-state index in [1.54, 1.807) is 11.0 Å². The van der Waals surface area contributed by atoms with Crippen LogP contribution in [0.1, 0.15) is 56.3 Å². The van der Waals surface area contributed by atoms with Gasteiger partial charge in [-0.1, -0.05) is 36.8 Å². The Morgan fingerprint density at radius 1 is 1.16 bits per heavy atom. The van der Waals surface area contributed by atoms with Gasteiger partial charge in [0.05, 0.1) is 5.54 Å². The van der Waals surface area contributed by atoms with Crippen molar-refractivity contribution in [1.82, 2.24) is 24.7 Å². The van der Waals surface area contributed by atoms with Crippen molar-refractivity contribution in [2.75, 3.05) is 39.0 Å². The molecule has 1 aliphatic heterocycles. The summed E-state index contributed by atoms with van der Waals surface area (Å²) in [5.74, 6) is 0.486. The Labute approximate surface area is 218 Å². The number of nitrogens with one attached hydrogen (secondary N) is 1. The lowest BCUT2D eigenvalue weighted by Gasteiger charge is -2.51. The lowest BCUT2D eigenvalue weighted by Crippen LogP contribution is -2.56. The van der Waals surface area contributed by atoms with E-state index in [4.69, 9.17) is 5.26 Å². The van der Waals surface area contributed by atoms with E-state index in [2.05, 4.69) is 69.5 Å². The molecule has 3 amide bonds. The summed E-state index contributed by atoms with van der Waals surface area (Å²) in [6.07, 6.45) is 8.70. The van der Waals surface area contributed by atoms with Crippen LogP contribution in [-0.2, 0) is 10.3 Å². The molecule has 1 spiro atoms. The standard InChI is InChI=1S/C28H35N7O2/c1-33(2)28(22-9-4-3-5-10-22)14-12-27(13-15-28)20-34(26(37)35(27)18-21-7-6-8-21)19-25(36)32-23-11-16-30-24(17-29)31-23/h3-5,9-11,16,21H,6-8,12-15,18-20H2,1-2H3,(H,30,31,32,36)/t27-,28+. The Morgan fingerprint density at radius 2 is 1.89 bits per heavy atom. The first-order valence-corrected chi connectivity index (χ1v) is 13.2. The Balaban J connectivity index is 1.34. The molecule has 9 heteroatoms. The van der Waals surface area contributed by atoms with E-state index < -0.39 is 0 Å². The highest BCUT2D eigenvalue weighted by Crippen LogP contribution is 2.49. The quantitative estimate of drug-likeness (QED) is 0.622. The molecule has 3 aliphatic rings. The van der Waals surface area contributed by atoms with E-state index >= 15 is 0 Å². The Kier molecular flexibility index (Phi) is 6.86. The van der Waals surface area contributed by atoms with Crippen LogP contribution in [0, 0.1) is 17.2 Å². The van der Waals surface area contributed by atoms with Crippen LogP contribution in [0.2, 0.25) is 0 Å². The smallest absolute Gasteiger partial charge is 0.317 e. The molecule has 2 heterocycles. The number of nitrogens with zero attached hydrogens (tertiary/aromatic N) is 6. The third kappa shape index (κ3) is 4.78. The maximum atomic E-state index is 13.7. The lowest BCUT2D eigenvalue weighted by atomic mass is 9.68. The third-order valence-electron chi connectivity index (χ3n) is 8.76. The number of benzene rings is 1. The molecule has 0 unspecified atom stereocenters. The van der Waals surface area contributed by atoms with Crippen molar-refractivity contribution in [2.45, 2.75) is 56.0 Å². The SMILES string of the molecule is CN(C)[C@]1(c2ccccc2)CC[C@]2(CC1)CN(CC(=O)Nc1ccnc(C#N)n1)C(=O)N2CC1CCC1. The largest absolute Gasteiger partial charge is 0.321 e. The summed E-state index contributed by atoms with van der Waals surface area (Å²) in [7, 11) is 4.30. The van der Waals surface area contributed by atoms with E-state index in [-0.39, 0.29) is 41.2 Å². The van der Waals surface area contributed by atoms with Crippen LogP contribution in [0.15, 0.2) is 42.6 Å². The van der Waals surface area contributed by atoms with Crippen LogP contribution in [0.4, 0.5) is 10.6 Å². The van der Waals surface area contributed by atoms with Gasteiger partial charge in [-0.3, -0.25) is 9.69 Å². The summed E-state index contributed by atoms with van der Waals surface area (Å²) in [6.45, 7) is 1.29. The summed E-state index contributed by atoms with van der Waals surface area (Å²) < 4.78 is 0. The van der Waals surface area contributed by atoms with Crippen molar-refractivity contribution in [1.29, 1.82) is 5.26 Å².